The van der Waals surface area contributed by atoms with Crippen LogP contribution in [0.1, 0.15) is 23.1 Å². The predicted molar refractivity (Wildman–Crippen MR) is 174 cm³/mol. The minimum Gasteiger partial charge on any atom is -0.434 e. The van der Waals surface area contributed by atoms with Crippen LogP contribution in [0.3, 0.4) is 0 Å². The Morgan fingerprint density at radius 2 is 1.82 bits per heavy atom. The van der Waals surface area contributed by atoms with Crippen LogP contribution in [0.25, 0.3) is 44.6 Å². The van der Waals surface area contributed by atoms with Gasteiger partial charge in [-0.05, 0) is 72.0 Å². The number of aliphatic hydroxyl groups is 2. The molecule has 1 atom stereocenters. The Hall–Kier alpha value is -4.05. The van der Waals surface area contributed by atoms with Crippen LogP contribution in [-0.4, -0.2) is 49.3 Å². The van der Waals surface area contributed by atoms with Crippen LogP contribution in [0, 0.1) is 6.92 Å². The average molecular weight is 627 g/mol. The van der Waals surface area contributed by atoms with E-state index in [0.29, 0.717) is 50.6 Å². The van der Waals surface area contributed by atoms with Crippen molar-refractivity contribution in [3.05, 3.63) is 99.8 Å². The van der Waals surface area contributed by atoms with Gasteiger partial charge in [-0.15, -0.1) is 0 Å². The Balaban J connectivity index is 1.20. The standard InChI is InChI=1S/C34H29Cl2N5O3/c1-19-24(4-2-5-25(19)34-40-29-14-20(18-42)13-27(35)32(29)44-34)26-6-3-7-28(30(26)36)39-33-31-22(8-10-37-33)12-21(15-38-31)16-41-11-9-23(43)17-41/h2-8,10,12-15,23,42-43H,9,11,16-18H2,1H3,(H,37,39)/t23-/m0/s1. The molecule has 6 aromatic rings. The highest BCUT2D eigenvalue weighted by atomic mass is 35.5. The molecule has 222 valence electrons. The Labute approximate surface area is 263 Å². The van der Waals surface area contributed by atoms with Crippen molar-refractivity contribution in [2.75, 3.05) is 18.4 Å². The van der Waals surface area contributed by atoms with E-state index in [0.717, 1.165) is 58.2 Å². The smallest absolute Gasteiger partial charge is 0.227 e. The maximum atomic E-state index is 9.87. The molecule has 4 heterocycles. The number of oxazole rings is 1. The molecule has 1 saturated heterocycles. The van der Waals surface area contributed by atoms with Gasteiger partial charge in [-0.1, -0.05) is 47.5 Å². The van der Waals surface area contributed by atoms with E-state index in [1.165, 1.54) is 0 Å². The summed E-state index contributed by atoms with van der Waals surface area (Å²) in [6.45, 7) is 4.19. The molecule has 1 aliphatic heterocycles. The van der Waals surface area contributed by atoms with Crippen molar-refractivity contribution in [3.63, 3.8) is 0 Å². The van der Waals surface area contributed by atoms with Crippen molar-refractivity contribution in [3.8, 4) is 22.6 Å². The lowest BCUT2D eigenvalue weighted by Crippen LogP contribution is -2.21. The van der Waals surface area contributed by atoms with Crippen molar-refractivity contribution in [2.24, 2.45) is 0 Å². The van der Waals surface area contributed by atoms with E-state index in [2.05, 4.69) is 26.3 Å². The minimum absolute atomic E-state index is 0.134. The van der Waals surface area contributed by atoms with Gasteiger partial charge in [0.15, 0.2) is 11.4 Å². The number of rotatable bonds is 7. The molecule has 0 radical (unpaired) electrons. The van der Waals surface area contributed by atoms with E-state index >= 15 is 0 Å². The summed E-state index contributed by atoms with van der Waals surface area (Å²) in [5, 5.41) is 24.8. The lowest BCUT2D eigenvalue weighted by molar-refractivity contribution is 0.175. The van der Waals surface area contributed by atoms with Crippen LogP contribution in [0.2, 0.25) is 10.0 Å². The third-order valence-electron chi connectivity index (χ3n) is 8.10. The number of aliphatic hydroxyl groups excluding tert-OH is 2. The first-order valence-corrected chi connectivity index (χ1v) is 15.1. The highest BCUT2D eigenvalue weighted by Crippen LogP contribution is 2.40. The van der Waals surface area contributed by atoms with E-state index in [1.54, 1.807) is 18.3 Å². The van der Waals surface area contributed by atoms with Crippen molar-refractivity contribution in [1.82, 2.24) is 19.9 Å². The Kier molecular flexibility index (Phi) is 7.70. The van der Waals surface area contributed by atoms with E-state index < -0.39 is 0 Å². The van der Waals surface area contributed by atoms with Gasteiger partial charge in [-0.3, -0.25) is 9.88 Å². The number of anilines is 2. The summed E-state index contributed by atoms with van der Waals surface area (Å²) in [7, 11) is 0. The normalized spacial score (nSPS) is 15.4. The molecule has 1 aliphatic rings. The van der Waals surface area contributed by atoms with Crippen LogP contribution in [0.4, 0.5) is 11.5 Å². The first-order valence-electron chi connectivity index (χ1n) is 14.4. The molecule has 0 bridgehead atoms. The van der Waals surface area contributed by atoms with E-state index in [9.17, 15) is 10.2 Å². The minimum atomic E-state index is -0.253. The zero-order chi connectivity index (χ0) is 30.4. The highest BCUT2D eigenvalue weighted by molar-refractivity contribution is 6.36. The van der Waals surface area contributed by atoms with E-state index in [4.69, 9.17) is 32.6 Å². The van der Waals surface area contributed by atoms with Crippen molar-refractivity contribution >= 4 is 56.7 Å². The number of halogens is 2. The molecule has 8 nitrogen and oxygen atoms in total. The van der Waals surface area contributed by atoms with Crippen LogP contribution in [0.5, 0.6) is 0 Å². The number of hydrogen-bond acceptors (Lipinski definition) is 8. The molecule has 7 rings (SSSR count). The van der Waals surface area contributed by atoms with Gasteiger partial charge in [0.05, 0.1) is 28.4 Å². The summed E-state index contributed by atoms with van der Waals surface area (Å²) in [6, 6.07) is 19.3. The lowest BCUT2D eigenvalue weighted by Gasteiger charge is -2.16. The van der Waals surface area contributed by atoms with Crippen molar-refractivity contribution < 1.29 is 14.6 Å². The van der Waals surface area contributed by atoms with Gasteiger partial charge >= 0.3 is 0 Å². The molecule has 0 amide bonds. The van der Waals surface area contributed by atoms with Gasteiger partial charge in [0.1, 0.15) is 11.0 Å². The summed E-state index contributed by atoms with van der Waals surface area (Å²) in [5.74, 6) is 1.05. The zero-order valence-corrected chi connectivity index (χ0v) is 25.4. The second kappa shape index (κ2) is 11.8. The third-order valence-corrected chi connectivity index (χ3v) is 8.79. The lowest BCUT2D eigenvalue weighted by atomic mass is 9.96. The number of β-amino-alcohol motifs (C(OH)–C–C–N with tert-alkyl or cyclic N) is 1. The maximum Gasteiger partial charge on any atom is 0.227 e. The molecule has 10 heteroatoms. The van der Waals surface area contributed by atoms with Crippen LogP contribution in [-0.2, 0) is 13.2 Å². The van der Waals surface area contributed by atoms with Gasteiger partial charge in [0.25, 0.3) is 0 Å². The van der Waals surface area contributed by atoms with Gasteiger partial charge in [-0.25, -0.2) is 9.97 Å². The van der Waals surface area contributed by atoms with E-state index in [-0.39, 0.29) is 12.7 Å². The molecular weight excluding hydrogens is 597 g/mol. The number of nitrogens with zero attached hydrogens (tertiary/aromatic N) is 4. The summed E-state index contributed by atoms with van der Waals surface area (Å²) >= 11 is 13.5. The van der Waals surface area contributed by atoms with Gasteiger partial charge in [0.2, 0.25) is 5.89 Å². The fraction of sp³-hybridized carbons (Fsp3) is 0.206. The Morgan fingerprint density at radius 3 is 2.64 bits per heavy atom. The Morgan fingerprint density at radius 1 is 1.00 bits per heavy atom. The SMILES string of the molecule is Cc1c(-c2nc3cc(CO)cc(Cl)c3o2)cccc1-c1cccc(Nc2nccc3cc(CN4CC[C@H](O)C4)cnc23)c1Cl. The van der Waals surface area contributed by atoms with Crippen LogP contribution in [0.15, 0.2) is 77.5 Å². The summed E-state index contributed by atoms with van der Waals surface area (Å²) in [4.78, 5) is 16.2. The monoisotopic (exact) mass is 625 g/mol. The maximum absolute atomic E-state index is 9.87. The van der Waals surface area contributed by atoms with Gasteiger partial charge in [0, 0.05) is 48.5 Å². The summed E-state index contributed by atoms with van der Waals surface area (Å²) in [6.07, 6.45) is 4.19. The topological polar surface area (TPSA) is 108 Å². The average Bonchev–Trinajstić information content (AvgIpc) is 3.64. The predicted octanol–water partition coefficient (Wildman–Crippen LogP) is 7.52. The quantitative estimate of drug-likeness (QED) is 0.167. The van der Waals surface area contributed by atoms with E-state index in [1.807, 2.05) is 55.6 Å². The fourth-order valence-electron chi connectivity index (χ4n) is 5.87. The van der Waals surface area contributed by atoms with Crippen LogP contribution < -0.4 is 5.32 Å². The molecule has 0 spiro atoms. The molecule has 0 saturated carbocycles. The number of likely N-dealkylation sites (tertiary alicyclic amines) is 1. The molecule has 0 unspecified atom stereocenters. The van der Waals surface area contributed by atoms with Gasteiger partial charge < -0.3 is 19.9 Å². The van der Waals surface area contributed by atoms with Crippen LogP contribution >= 0.6 is 23.2 Å². The second-order valence-corrected chi connectivity index (χ2v) is 11.9. The molecule has 44 heavy (non-hydrogen) atoms. The van der Waals surface area contributed by atoms with Gasteiger partial charge in [-0.2, -0.15) is 0 Å². The summed E-state index contributed by atoms with van der Waals surface area (Å²) < 4.78 is 6.08. The number of fused-ring (bicyclic) bond motifs is 2. The zero-order valence-electron chi connectivity index (χ0n) is 23.9. The number of pyridine rings is 2. The molecule has 3 aromatic heterocycles. The number of nitrogens with one attached hydrogen (secondary N) is 1. The number of hydrogen-bond donors (Lipinski definition) is 3. The van der Waals surface area contributed by atoms with Crippen molar-refractivity contribution in [2.45, 2.75) is 32.6 Å². The number of aromatic nitrogens is 3. The molecule has 3 aromatic carbocycles. The second-order valence-electron chi connectivity index (χ2n) is 11.1. The molecule has 1 fully saturated rings. The molecular formula is C34H29Cl2N5O3. The third kappa shape index (κ3) is 5.40. The summed E-state index contributed by atoms with van der Waals surface area (Å²) in [5.41, 5.74) is 7.81. The Bertz CT molecular complexity index is 2030. The molecule has 0 aliphatic carbocycles. The molecule has 3 N–H and O–H groups in total. The number of benzene rings is 3. The van der Waals surface area contributed by atoms with Crippen molar-refractivity contribution in [1.29, 1.82) is 0 Å². The highest BCUT2D eigenvalue weighted by Gasteiger charge is 2.21. The largest absolute Gasteiger partial charge is 0.434 e. The first kappa shape index (κ1) is 28.7. The first-order chi connectivity index (χ1) is 21.4. The fourth-order valence-corrected chi connectivity index (χ4v) is 6.42.